The van der Waals surface area contributed by atoms with Crippen LogP contribution in [0.2, 0.25) is 0 Å². The molecule has 19 heavy (non-hydrogen) atoms. The van der Waals surface area contributed by atoms with E-state index in [1.54, 1.807) is 7.05 Å². The van der Waals surface area contributed by atoms with Crippen LogP contribution in [0, 0.1) is 5.41 Å². The SMILES string of the molecule is CNC(=O)C1(CCCc2ccncc2)CCCNC1. The molecule has 4 heteroatoms. The molecule has 2 rings (SSSR count). The van der Waals surface area contributed by atoms with E-state index in [2.05, 4.69) is 15.6 Å². The van der Waals surface area contributed by atoms with Crippen LogP contribution in [0.1, 0.15) is 31.2 Å². The molecule has 2 heterocycles. The van der Waals surface area contributed by atoms with Gasteiger partial charge < -0.3 is 10.6 Å². The minimum Gasteiger partial charge on any atom is -0.359 e. The maximum atomic E-state index is 12.2. The molecule has 1 amide bonds. The lowest BCUT2D eigenvalue weighted by Crippen LogP contribution is -2.49. The van der Waals surface area contributed by atoms with Gasteiger partial charge in [0.1, 0.15) is 0 Å². The number of rotatable bonds is 5. The van der Waals surface area contributed by atoms with Crippen molar-refractivity contribution >= 4 is 5.91 Å². The molecule has 2 N–H and O–H groups in total. The molecule has 1 aliphatic heterocycles. The normalized spacial score (nSPS) is 23.0. The average molecular weight is 261 g/mol. The second kappa shape index (κ2) is 6.66. The molecule has 1 aromatic heterocycles. The number of carbonyl (C=O) groups excluding carboxylic acids is 1. The molecule has 1 atom stereocenters. The maximum absolute atomic E-state index is 12.2. The summed E-state index contributed by atoms with van der Waals surface area (Å²) in [5.74, 6) is 0.189. The number of piperidine rings is 1. The van der Waals surface area contributed by atoms with E-state index in [-0.39, 0.29) is 11.3 Å². The number of carbonyl (C=O) groups is 1. The van der Waals surface area contributed by atoms with Crippen molar-refractivity contribution in [3.05, 3.63) is 30.1 Å². The van der Waals surface area contributed by atoms with Crippen LogP contribution >= 0.6 is 0 Å². The van der Waals surface area contributed by atoms with Gasteiger partial charge in [-0.05, 0) is 56.3 Å². The first-order chi connectivity index (χ1) is 9.27. The van der Waals surface area contributed by atoms with E-state index in [1.807, 2.05) is 24.5 Å². The highest BCUT2D eigenvalue weighted by Crippen LogP contribution is 2.32. The fourth-order valence-corrected chi connectivity index (χ4v) is 2.93. The van der Waals surface area contributed by atoms with Crippen molar-refractivity contribution in [3.63, 3.8) is 0 Å². The lowest BCUT2D eigenvalue weighted by atomic mass is 9.75. The maximum Gasteiger partial charge on any atom is 0.227 e. The van der Waals surface area contributed by atoms with E-state index in [0.29, 0.717) is 0 Å². The predicted octanol–water partition coefficient (Wildman–Crippen LogP) is 1.52. The minimum atomic E-state index is -0.208. The van der Waals surface area contributed by atoms with Crippen molar-refractivity contribution in [2.75, 3.05) is 20.1 Å². The van der Waals surface area contributed by atoms with Gasteiger partial charge in [-0.25, -0.2) is 0 Å². The summed E-state index contributed by atoms with van der Waals surface area (Å²) >= 11 is 0. The Morgan fingerprint density at radius 1 is 1.47 bits per heavy atom. The number of hydrogen-bond acceptors (Lipinski definition) is 3. The average Bonchev–Trinajstić information content (AvgIpc) is 2.48. The van der Waals surface area contributed by atoms with Gasteiger partial charge in [0.15, 0.2) is 0 Å². The van der Waals surface area contributed by atoms with Gasteiger partial charge in [-0.3, -0.25) is 9.78 Å². The molecule has 1 aromatic rings. The molecule has 1 saturated heterocycles. The lowest BCUT2D eigenvalue weighted by molar-refractivity contribution is -0.132. The standard InChI is InChI=1S/C15H23N3O/c1-16-14(19)15(8-3-9-18-12-15)7-2-4-13-5-10-17-11-6-13/h5-6,10-11,18H,2-4,7-9,12H2,1H3,(H,16,19). The second-order valence-electron chi connectivity index (χ2n) is 5.35. The van der Waals surface area contributed by atoms with Crippen LogP contribution in [0.25, 0.3) is 0 Å². The van der Waals surface area contributed by atoms with Gasteiger partial charge in [-0.1, -0.05) is 0 Å². The van der Waals surface area contributed by atoms with E-state index in [1.165, 1.54) is 5.56 Å². The molecule has 4 nitrogen and oxygen atoms in total. The van der Waals surface area contributed by atoms with E-state index in [9.17, 15) is 4.79 Å². The zero-order valence-electron chi connectivity index (χ0n) is 11.6. The largest absolute Gasteiger partial charge is 0.359 e. The van der Waals surface area contributed by atoms with Gasteiger partial charge in [0.2, 0.25) is 5.91 Å². The Labute approximate surface area is 115 Å². The fraction of sp³-hybridized carbons (Fsp3) is 0.600. The first-order valence-electron chi connectivity index (χ1n) is 7.09. The molecule has 0 aromatic carbocycles. The topological polar surface area (TPSA) is 54.0 Å². The van der Waals surface area contributed by atoms with Gasteiger partial charge in [-0.15, -0.1) is 0 Å². The summed E-state index contributed by atoms with van der Waals surface area (Å²) in [6, 6.07) is 4.09. The van der Waals surface area contributed by atoms with Crippen LogP contribution in [0.3, 0.4) is 0 Å². The number of aryl methyl sites for hydroxylation is 1. The Bertz CT molecular complexity index is 399. The lowest BCUT2D eigenvalue weighted by Gasteiger charge is -2.36. The second-order valence-corrected chi connectivity index (χ2v) is 5.35. The fourth-order valence-electron chi connectivity index (χ4n) is 2.93. The van der Waals surface area contributed by atoms with Crippen LogP contribution in [0.4, 0.5) is 0 Å². The summed E-state index contributed by atoms with van der Waals surface area (Å²) < 4.78 is 0. The highest BCUT2D eigenvalue weighted by Gasteiger charge is 2.38. The van der Waals surface area contributed by atoms with Crippen molar-refractivity contribution < 1.29 is 4.79 Å². The Hall–Kier alpha value is -1.42. The molecule has 0 radical (unpaired) electrons. The predicted molar refractivity (Wildman–Crippen MR) is 75.8 cm³/mol. The van der Waals surface area contributed by atoms with Crippen LogP contribution in [-0.4, -0.2) is 31.0 Å². The van der Waals surface area contributed by atoms with E-state index >= 15 is 0 Å². The number of hydrogen-bond donors (Lipinski definition) is 2. The number of nitrogens with one attached hydrogen (secondary N) is 2. The van der Waals surface area contributed by atoms with Gasteiger partial charge in [0, 0.05) is 26.0 Å². The Balaban J connectivity index is 1.91. The third-order valence-corrected chi connectivity index (χ3v) is 4.05. The highest BCUT2D eigenvalue weighted by atomic mass is 16.2. The smallest absolute Gasteiger partial charge is 0.227 e. The monoisotopic (exact) mass is 261 g/mol. The highest BCUT2D eigenvalue weighted by molar-refractivity contribution is 5.82. The number of pyridine rings is 1. The summed E-state index contributed by atoms with van der Waals surface area (Å²) in [7, 11) is 1.74. The summed E-state index contributed by atoms with van der Waals surface area (Å²) in [6.45, 7) is 1.84. The molecule has 1 fully saturated rings. The summed E-state index contributed by atoms with van der Waals surface area (Å²) in [6.07, 6.45) is 8.74. The van der Waals surface area contributed by atoms with Crippen molar-refractivity contribution in [1.29, 1.82) is 0 Å². The summed E-state index contributed by atoms with van der Waals surface area (Å²) in [4.78, 5) is 16.2. The first-order valence-corrected chi connectivity index (χ1v) is 7.09. The summed E-state index contributed by atoms with van der Waals surface area (Å²) in [5, 5.41) is 6.20. The zero-order valence-corrected chi connectivity index (χ0v) is 11.6. The van der Waals surface area contributed by atoms with Crippen molar-refractivity contribution in [2.24, 2.45) is 5.41 Å². The Morgan fingerprint density at radius 2 is 2.26 bits per heavy atom. The third-order valence-electron chi connectivity index (χ3n) is 4.05. The zero-order chi connectivity index (χ0) is 13.6. The van der Waals surface area contributed by atoms with Crippen LogP contribution in [0.15, 0.2) is 24.5 Å². The van der Waals surface area contributed by atoms with Crippen LogP contribution in [-0.2, 0) is 11.2 Å². The van der Waals surface area contributed by atoms with Crippen molar-refractivity contribution in [2.45, 2.75) is 32.1 Å². The van der Waals surface area contributed by atoms with Crippen LogP contribution in [0.5, 0.6) is 0 Å². The summed E-state index contributed by atoms with van der Waals surface area (Å²) in [5.41, 5.74) is 1.09. The minimum absolute atomic E-state index is 0.189. The molecule has 1 unspecified atom stereocenters. The molecule has 0 saturated carbocycles. The quantitative estimate of drug-likeness (QED) is 0.845. The Morgan fingerprint density at radius 3 is 2.89 bits per heavy atom. The Kier molecular flexibility index (Phi) is 4.91. The molecule has 0 bridgehead atoms. The number of amides is 1. The van der Waals surface area contributed by atoms with Gasteiger partial charge in [-0.2, -0.15) is 0 Å². The van der Waals surface area contributed by atoms with E-state index < -0.39 is 0 Å². The number of aromatic nitrogens is 1. The molecular weight excluding hydrogens is 238 g/mol. The van der Waals surface area contributed by atoms with E-state index in [0.717, 1.165) is 45.2 Å². The first kappa shape index (κ1) is 14.0. The number of nitrogens with zero attached hydrogens (tertiary/aromatic N) is 1. The molecule has 0 spiro atoms. The molecule has 1 aliphatic rings. The van der Waals surface area contributed by atoms with E-state index in [4.69, 9.17) is 0 Å². The molecule has 0 aliphatic carbocycles. The van der Waals surface area contributed by atoms with Crippen LogP contribution < -0.4 is 10.6 Å². The van der Waals surface area contributed by atoms with Gasteiger partial charge >= 0.3 is 0 Å². The van der Waals surface area contributed by atoms with Gasteiger partial charge in [0.25, 0.3) is 0 Å². The third kappa shape index (κ3) is 3.53. The van der Waals surface area contributed by atoms with Crippen molar-refractivity contribution in [1.82, 2.24) is 15.6 Å². The molecule has 104 valence electrons. The van der Waals surface area contributed by atoms with Crippen molar-refractivity contribution in [3.8, 4) is 0 Å². The van der Waals surface area contributed by atoms with Gasteiger partial charge in [0.05, 0.1) is 5.41 Å². The molecular formula is C15H23N3O.